The van der Waals surface area contributed by atoms with Crippen LogP contribution < -0.4 is 5.32 Å². The lowest BCUT2D eigenvalue weighted by atomic mass is 9.86. The van der Waals surface area contributed by atoms with Gasteiger partial charge < -0.3 is 10.4 Å². The molecule has 3 aromatic carbocycles. The van der Waals surface area contributed by atoms with Crippen molar-refractivity contribution >= 4 is 0 Å². The first-order valence-corrected chi connectivity index (χ1v) is 8.28. The van der Waals surface area contributed by atoms with Gasteiger partial charge in [-0.3, -0.25) is 0 Å². The molecule has 0 heterocycles. The van der Waals surface area contributed by atoms with Gasteiger partial charge in [0.1, 0.15) is 5.60 Å². The van der Waals surface area contributed by atoms with Crippen LogP contribution in [-0.2, 0) is 12.1 Å². The number of hydrogen-bond acceptors (Lipinski definition) is 2. The van der Waals surface area contributed by atoms with Gasteiger partial charge in [-0.2, -0.15) is 0 Å². The number of aliphatic hydroxyl groups is 1. The Balaban J connectivity index is 1.83. The smallest absolute Gasteiger partial charge is 0.127 e. The summed E-state index contributed by atoms with van der Waals surface area (Å²) in [4.78, 5) is 0. The van der Waals surface area contributed by atoms with Gasteiger partial charge in [0.05, 0.1) is 0 Å². The Morgan fingerprint density at radius 1 is 0.750 bits per heavy atom. The Morgan fingerprint density at radius 3 is 1.92 bits per heavy atom. The van der Waals surface area contributed by atoms with Gasteiger partial charge in [0.15, 0.2) is 0 Å². The minimum Gasteiger partial charge on any atom is -0.379 e. The van der Waals surface area contributed by atoms with Crippen molar-refractivity contribution in [1.82, 2.24) is 5.32 Å². The molecule has 24 heavy (non-hydrogen) atoms. The van der Waals surface area contributed by atoms with Gasteiger partial charge in [0.25, 0.3) is 0 Å². The maximum atomic E-state index is 11.5. The molecule has 0 bridgehead atoms. The summed E-state index contributed by atoms with van der Waals surface area (Å²) in [6.07, 6.45) is 0. The number of rotatable bonds is 6. The summed E-state index contributed by atoms with van der Waals surface area (Å²) in [5.74, 6) is 0. The average Bonchev–Trinajstić information content (AvgIpc) is 2.64. The molecule has 3 rings (SSSR count). The van der Waals surface area contributed by atoms with Crippen molar-refractivity contribution in [2.24, 2.45) is 0 Å². The summed E-state index contributed by atoms with van der Waals surface area (Å²) in [5, 5.41) is 14.9. The molecule has 0 spiro atoms. The lowest BCUT2D eigenvalue weighted by molar-refractivity contribution is 0.0796. The third-order valence-electron chi connectivity index (χ3n) is 4.33. The standard InChI is InChI=1S/C22H23NO/c1-18-12-14-21(15-13-18)22(24,20-10-6-3-7-11-20)17-23-16-19-8-4-2-5-9-19/h2-15,23-24H,16-17H2,1H3/t22-/m0/s1. The van der Waals surface area contributed by atoms with Crippen LogP contribution in [0.3, 0.4) is 0 Å². The van der Waals surface area contributed by atoms with E-state index >= 15 is 0 Å². The lowest BCUT2D eigenvalue weighted by Gasteiger charge is -2.30. The molecule has 2 heteroatoms. The zero-order chi connectivity index (χ0) is 16.8. The largest absolute Gasteiger partial charge is 0.379 e. The quantitative estimate of drug-likeness (QED) is 0.720. The Kier molecular flexibility index (Phi) is 5.09. The molecule has 0 aliphatic heterocycles. The molecule has 0 amide bonds. The fraction of sp³-hybridized carbons (Fsp3) is 0.182. The van der Waals surface area contributed by atoms with Crippen molar-refractivity contribution in [3.63, 3.8) is 0 Å². The second kappa shape index (κ2) is 7.43. The third-order valence-corrected chi connectivity index (χ3v) is 4.33. The second-order valence-electron chi connectivity index (χ2n) is 6.18. The molecule has 2 N–H and O–H groups in total. The van der Waals surface area contributed by atoms with Gasteiger partial charge in [-0.1, -0.05) is 90.5 Å². The van der Waals surface area contributed by atoms with Crippen molar-refractivity contribution in [2.45, 2.75) is 19.1 Å². The zero-order valence-corrected chi connectivity index (χ0v) is 13.9. The van der Waals surface area contributed by atoms with E-state index in [1.807, 2.05) is 72.8 Å². The van der Waals surface area contributed by atoms with Gasteiger partial charge in [0, 0.05) is 13.1 Å². The summed E-state index contributed by atoms with van der Waals surface area (Å²) in [6.45, 7) is 3.23. The minimum absolute atomic E-state index is 0.453. The first kappa shape index (κ1) is 16.4. The van der Waals surface area contributed by atoms with E-state index in [-0.39, 0.29) is 0 Å². The van der Waals surface area contributed by atoms with Crippen LogP contribution in [0.25, 0.3) is 0 Å². The highest BCUT2D eigenvalue weighted by molar-refractivity contribution is 5.37. The molecule has 0 aliphatic carbocycles. The molecule has 0 saturated carbocycles. The maximum absolute atomic E-state index is 11.5. The van der Waals surface area contributed by atoms with E-state index in [9.17, 15) is 5.11 Å². The van der Waals surface area contributed by atoms with Crippen molar-refractivity contribution in [2.75, 3.05) is 6.54 Å². The summed E-state index contributed by atoms with van der Waals surface area (Å²) in [7, 11) is 0. The van der Waals surface area contributed by atoms with Crippen molar-refractivity contribution in [3.05, 3.63) is 107 Å². The van der Waals surface area contributed by atoms with Gasteiger partial charge in [-0.05, 0) is 23.6 Å². The van der Waals surface area contributed by atoms with E-state index in [0.717, 1.165) is 17.7 Å². The normalized spacial score (nSPS) is 13.4. The fourth-order valence-corrected chi connectivity index (χ4v) is 2.90. The highest BCUT2D eigenvalue weighted by atomic mass is 16.3. The van der Waals surface area contributed by atoms with E-state index in [2.05, 4.69) is 24.4 Å². The summed E-state index contributed by atoms with van der Waals surface area (Å²) in [6, 6.07) is 28.2. The molecule has 1 atom stereocenters. The first-order chi connectivity index (χ1) is 11.7. The van der Waals surface area contributed by atoms with Crippen LogP contribution in [0.1, 0.15) is 22.3 Å². The molecule has 0 radical (unpaired) electrons. The molecule has 0 fully saturated rings. The topological polar surface area (TPSA) is 32.3 Å². The van der Waals surface area contributed by atoms with E-state index < -0.39 is 5.60 Å². The third kappa shape index (κ3) is 3.73. The van der Waals surface area contributed by atoms with Crippen LogP contribution >= 0.6 is 0 Å². The van der Waals surface area contributed by atoms with E-state index in [0.29, 0.717) is 6.54 Å². The SMILES string of the molecule is Cc1ccc([C@](O)(CNCc2ccccc2)c2ccccc2)cc1. The van der Waals surface area contributed by atoms with Crippen LogP contribution in [-0.4, -0.2) is 11.7 Å². The van der Waals surface area contributed by atoms with Crippen LogP contribution in [0.2, 0.25) is 0 Å². The van der Waals surface area contributed by atoms with Gasteiger partial charge in [-0.15, -0.1) is 0 Å². The molecule has 122 valence electrons. The Hall–Kier alpha value is -2.42. The monoisotopic (exact) mass is 317 g/mol. The Bertz CT molecular complexity index is 753. The lowest BCUT2D eigenvalue weighted by Crippen LogP contribution is -2.39. The van der Waals surface area contributed by atoms with Crippen LogP contribution in [0.15, 0.2) is 84.9 Å². The zero-order valence-electron chi connectivity index (χ0n) is 13.9. The van der Waals surface area contributed by atoms with Crippen LogP contribution in [0.5, 0.6) is 0 Å². The predicted molar refractivity (Wildman–Crippen MR) is 98.8 cm³/mol. The number of nitrogens with one attached hydrogen (secondary N) is 1. The number of benzene rings is 3. The minimum atomic E-state index is -1.05. The van der Waals surface area contributed by atoms with E-state index in [1.54, 1.807) is 0 Å². The van der Waals surface area contributed by atoms with Crippen LogP contribution in [0.4, 0.5) is 0 Å². The summed E-state index contributed by atoms with van der Waals surface area (Å²) in [5.41, 5.74) is 3.14. The molecule has 3 aromatic rings. The first-order valence-electron chi connectivity index (χ1n) is 8.28. The highest BCUT2D eigenvalue weighted by Crippen LogP contribution is 2.29. The van der Waals surface area contributed by atoms with E-state index in [1.165, 1.54) is 11.1 Å². The van der Waals surface area contributed by atoms with Gasteiger partial charge in [-0.25, -0.2) is 0 Å². The Morgan fingerprint density at radius 2 is 1.29 bits per heavy atom. The average molecular weight is 317 g/mol. The molecular weight excluding hydrogens is 294 g/mol. The Labute approximate surface area is 143 Å². The fourth-order valence-electron chi connectivity index (χ4n) is 2.90. The summed E-state index contributed by atoms with van der Waals surface area (Å²) >= 11 is 0. The molecule has 0 saturated heterocycles. The van der Waals surface area contributed by atoms with Gasteiger partial charge in [0.2, 0.25) is 0 Å². The molecule has 0 aliphatic rings. The summed E-state index contributed by atoms with van der Waals surface area (Å²) < 4.78 is 0. The van der Waals surface area contributed by atoms with E-state index in [4.69, 9.17) is 0 Å². The predicted octanol–water partition coefficient (Wildman–Crippen LogP) is 4.02. The highest BCUT2D eigenvalue weighted by Gasteiger charge is 2.30. The molecular formula is C22H23NO. The second-order valence-corrected chi connectivity index (χ2v) is 6.18. The molecule has 0 unspecified atom stereocenters. The van der Waals surface area contributed by atoms with Crippen molar-refractivity contribution in [1.29, 1.82) is 0 Å². The molecule has 0 aromatic heterocycles. The van der Waals surface area contributed by atoms with Gasteiger partial charge >= 0.3 is 0 Å². The number of hydrogen-bond donors (Lipinski definition) is 2. The number of aryl methyl sites for hydroxylation is 1. The maximum Gasteiger partial charge on any atom is 0.127 e. The van der Waals surface area contributed by atoms with Crippen LogP contribution in [0, 0.1) is 6.92 Å². The van der Waals surface area contributed by atoms with Crippen molar-refractivity contribution in [3.8, 4) is 0 Å². The van der Waals surface area contributed by atoms with Crippen molar-refractivity contribution < 1.29 is 5.11 Å². The molecule has 2 nitrogen and oxygen atoms in total.